The van der Waals surface area contributed by atoms with E-state index in [0.29, 0.717) is 32.7 Å². The Morgan fingerprint density at radius 2 is 2.03 bits per heavy atom. The quantitative estimate of drug-likeness (QED) is 0.722. The number of anilines is 1. The van der Waals surface area contributed by atoms with E-state index in [0.717, 1.165) is 22.5 Å². The molecule has 156 valence electrons. The van der Waals surface area contributed by atoms with Crippen molar-refractivity contribution in [2.75, 3.05) is 31.7 Å². The summed E-state index contributed by atoms with van der Waals surface area (Å²) in [5.41, 5.74) is 3.49. The van der Waals surface area contributed by atoms with Gasteiger partial charge in [0.25, 0.3) is 0 Å². The minimum Gasteiger partial charge on any atom is -0.444 e. The molecule has 0 spiro atoms. The molecule has 1 aromatic heterocycles. The molecule has 2 amide bonds. The van der Waals surface area contributed by atoms with Crippen molar-refractivity contribution in [3.63, 3.8) is 0 Å². The second-order valence-corrected chi connectivity index (χ2v) is 7.95. The molecule has 29 heavy (non-hydrogen) atoms. The van der Waals surface area contributed by atoms with Gasteiger partial charge in [0, 0.05) is 31.0 Å². The van der Waals surface area contributed by atoms with E-state index in [-0.39, 0.29) is 5.91 Å². The maximum atomic E-state index is 11.9. The Bertz CT molecular complexity index is 885. The lowest BCUT2D eigenvalue weighted by Gasteiger charge is -2.19. The average Bonchev–Trinajstić information content (AvgIpc) is 3.21. The van der Waals surface area contributed by atoms with E-state index in [4.69, 9.17) is 9.47 Å². The van der Waals surface area contributed by atoms with Gasteiger partial charge < -0.3 is 19.7 Å². The number of aromatic nitrogens is 2. The zero-order chi connectivity index (χ0) is 21.0. The highest BCUT2D eigenvalue weighted by molar-refractivity contribution is 6.01. The molecule has 1 aliphatic rings. The molecule has 2 aromatic rings. The summed E-state index contributed by atoms with van der Waals surface area (Å²) in [6.45, 7) is 7.30. The smallest absolute Gasteiger partial charge is 0.407 e. The standard InChI is InChI=1S/C21H28N4O4/c1-21(2,3)29-20(27)22-9-11-28-12-10-25-18(7-8-23-25)15-5-6-17-16(13-15)14-19(26)24(17)4/h5-8,13H,9-12,14H2,1-4H3,(H,22,27). The SMILES string of the molecule is CN1C(=O)Cc2cc(-c3ccnn3CCOCCNC(=O)OC(C)(C)C)ccc21. The Kier molecular flexibility index (Phi) is 6.22. The van der Waals surface area contributed by atoms with Crippen molar-refractivity contribution in [3.8, 4) is 11.3 Å². The zero-order valence-electron chi connectivity index (χ0n) is 17.4. The first-order valence-corrected chi connectivity index (χ1v) is 9.71. The molecule has 1 aliphatic heterocycles. The van der Waals surface area contributed by atoms with Gasteiger partial charge in [-0.3, -0.25) is 9.48 Å². The molecule has 0 aliphatic carbocycles. The molecule has 0 unspecified atom stereocenters. The van der Waals surface area contributed by atoms with Gasteiger partial charge in [0.05, 0.1) is 31.9 Å². The summed E-state index contributed by atoms with van der Waals surface area (Å²) in [4.78, 5) is 25.2. The number of ether oxygens (including phenoxy) is 2. The molecule has 0 fully saturated rings. The van der Waals surface area contributed by atoms with E-state index in [1.54, 1.807) is 18.1 Å². The molecule has 0 saturated carbocycles. The minimum atomic E-state index is -0.512. The topological polar surface area (TPSA) is 85.7 Å². The summed E-state index contributed by atoms with van der Waals surface area (Å²) in [6, 6.07) is 7.99. The van der Waals surface area contributed by atoms with E-state index in [1.165, 1.54) is 0 Å². The van der Waals surface area contributed by atoms with Gasteiger partial charge in [-0.05, 0) is 44.5 Å². The fourth-order valence-electron chi connectivity index (χ4n) is 3.18. The third kappa shape index (κ3) is 5.35. The first-order chi connectivity index (χ1) is 13.7. The van der Waals surface area contributed by atoms with Gasteiger partial charge in [0.1, 0.15) is 5.60 Å². The Morgan fingerprint density at radius 3 is 2.79 bits per heavy atom. The number of carbonyl (C=O) groups excluding carboxylic acids is 2. The second-order valence-electron chi connectivity index (χ2n) is 7.95. The van der Waals surface area contributed by atoms with E-state index < -0.39 is 11.7 Å². The van der Waals surface area contributed by atoms with Crippen LogP contribution in [0, 0.1) is 0 Å². The number of carbonyl (C=O) groups is 2. The number of nitrogens with one attached hydrogen (secondary N) is 1. The van der Waals surface area contributed by atoms with Crippen LogP contribution in [-0.2, 0) is 27.2 Å². The highest BCUT2D eigenvalue weighted by Crippen LogP contribution is 2.31. The Morgan fingerprint density at radius 1 is 1.24 bits per heavy atom. The number of rotatable bonds is 7. The summed E-state index contributed by atoms with van der Waals surface area (Å²) < 4.78 is 12.6. The maximum Gasteiger partial charge on any atom is 0.407 e. The molecular formula is C21H28N4O4. The van der Waals surface area contributed by atoms with E-state index in [9.17, 15) is 9.59 Å². The average molecular weight is 400 g/mol. The van der Waals surface area contributed by atoms with Crippen LogP contribution in [0.3, 0.4) is 0 Å². The van der Waals surface area contributed by atoms with Gasteiger partial charge in [0.2, 0.25) is 5.91 Å². The van der Waals surface area contributed by atoms with Gasteiger partial charge in [0.15, 0.2) is 0 Å². The van der Waals surface area contributed by atoms with Crippen molar-refractivity contribution in [2.24, 2.45) is 0 Å². The Balaban J connectivity index is 1.48. The van der Waals surface area contributed by atoms with Gasteiger partial charge in [-0.25, -0.2) is 4.79 Å². The largest absolute Gasteiger partial charge is 0.444 e. The number of likely N-dealkylation sites (N-methyl/N-ethyl adjacent to an activating group) is 1. The number of fused-ring (bicyclic) bond motifs is 1. The predicted molar refractivity (Wildman–Crippen MR) is 110 cm³/mol. The van der Waals surface area contributed by atoms with E-state index in [2.05, 4.69) is 16.5 Å². The molecule has 0 saturated heterocycles. The van der Waals surface area contributed by atoms with Crippen LogP contribution < -0.4 is 10.2 Å². The van der Waals surface area contributed by atoms with Crippen molar-refractivity contribution >= 4 is 17.7 Å². The normalized spacial score (nSPS) is 13.5. The lowest BCUT2D eigenvalue weighted by atomic mass is 10.1. The molecule has 1 N–H and O–H groups in total. The number of amides is 2. The maximum absolute atomic E-state index is 11.9. The van der Waals surface area contributed by atoms with Crippen LogP contribution in [-0.4, -0.2) is 54.2 Å². The van der Waals surface area contributed by atoms with Crippen LogP contribution in [0.5, 0.6) is 0 Å². The molecule has 0 bridgehead atoms. The predicted octanol–water partition coefficient (Wildman–Crippen LogP) is 2.61. The number of alkyl carbamates (subject to hydrolysis) is 1. The van der Waals surface area contributed by atoms with Gasteiger partial charge in [-0.15, -0.1) is 0 Å². The Hall–Kier alpha value is -2.87. The fraction of sp³-hybridized carbons (Fsp3) is 0.476. The summed E-state index contributed by atoms with van der Waals surface area (Å²) in [7, 11) is 1.80. The monoisotopic (exact) mass is 400 g/mol. The first-order valence-electron chi connectivity index (χ1n) is 9.71. The zero-order valence-corrected chi connectivity index (χ0v) is 17.4. The van der Waals surface area contributed by atoms with E-state index in [1.807, 2.05) is 43.7 Å². The van der Waals surface area contributed by atoms with Crippen molar-refractivity contribution in [2.45, 2.75) is 39.3 Å². The summed E-state index contributed by atoms with van der Waals surface area (Å²) in [5.74, 6) is 0.110. The number of nitrogens with zero attached hydrogens (tertiary/aromatic N) is 3. The van der Waals surface area contributed by atoms with Crippen LogP contribution in [0.15, 0.2) is 30.5 Å². The fourth-order valence-corrected chi connectivity index (χ4v) is 3.18. The van der Waals surface area contributed by atoms with Crippen LogP contribution in [0.4, 0.5) is 10.5 Å². The Labute approximate surface area is 170 Å². The molecule has 0 radical (unpaired) electrons. The van der Waals surface area contributed by atoms with Crippen molar-refractivity contribution < 1.29 is 19.1 Å². The molecule has 2 heterocycles. The molecule has 8 nitrogen and oxygen atoms in total. The second kappa shape index (κ2) is 8.65. The number of hydrogen-bond acceptors (Lipinski definition) is 5. The lowest BCUT2D eigenvalue weighted by molar-refractivity contribution is -0.117. The lowest BCUT2D eigenvalue weighted by Crippen LogP contribution is -2.34. The molecule has 1 aromatic carbocycles. The van der Waals surface area contributed by atoms with Crippen molar-refractivity contribution in [1.29, 1.82) is 0 Å². The van der Waals surface area contributed by atoms with Gasteiger partial charge in [-0.1, -0.05) is 6.07 Å². The molecule has 3 rings (SSSR count). The number of hydrogen-bond donors (Lipinski definition) is 1. The first kappa shape index (κ1) is 20.9. The highest BCUT2D eigenvalue weighted by atomic mass is 16.6. The van der Waals surface area contributed by atoms with Crippen LogP contribution in [0.2, 0.25) is 0 Å². The van der Waals surface area contributed by atoms with Gasteiger partial charge >= 0.3 is 6.09 Å². The van der Waals surface area contributed by atoms with Crippen molar-refractivity contribution in [3.05, 3.63) is 36.0 Å². The molecule has 0 atom stereocenters. The third-order valence-electron chi connectivity index (χ3n) is 4.53. The summed E-state index contributed by atoms with van der Waals surface area (Å²) in [6.07, 6.45) is 1.74. The third-order valence-corrected chi connectivity index (χ3v) is 4.53. The summed E-state index contributed by atoms with van der Waals surface area (Å²) >= 11 is 0. The van der Waals surface area contributed by atoms with Crippen LogP contribution in [0.1, 0.15) is 26.3 Å². The number of benzene rings is 1. The van der Waals surface area contributed by atoms with Crippen LogP contribution in [0.25, 0.3) is 11.3 Å². The molecule has 8 heteroatoms. The molecular weight excluding hydrogens is 372 g/mol. The summed E-state index contributed by atoms with van der Waals surface area (Å²) in [5, 5.41) is 7.03. The highest BCUT2D eigenvalue weighted by Gasteiger charge is 2.24. The van der Waals surface area contributed by atoms with Crippen molar-refractivity contribution in [1.82, 2.24) is 15.1 Å². The van der Waals surface area contributed by atoms with Gasteiger partial charge in [-0.2, -0.15) is 5.10 Å². The van der Waals surface area contributed by atoms with E-state index >= 15 is 0 Å². The van der Waals surface area contributed by atoms with Crippen LogP contribution >= 0.6 is 0 Å². The minimum absolute atomic E-state index is 0.110.